The molecule has 6 heteroatoms. The second-order valence-corrected chi connectivity index (χ2v) is 7.79. The van der Waals surface area contributed by atoms with Crippen LogP contribution in [0, 0.1) is 5.82 Å². The van der Waals surface area contributed by atoms with Crippen molar-refractivity contribution >= 4 is 34.3 Å². The minimum atomic E-state index is -0.686. The molecule has 2 heterocycles. The van der Waals surface area contributed by atoms with Crippen molar-refractivity contribution < 1.29 is 14.0 Å². The van der Waals surface area contributed by atoms with Crippen LogP contribution in [0.1, 0.15) is 53.2 Å². The van der Waals surface area contributed by atoms with Crippen molar-refractivity contribution in [1.29, 1.82) is 0 Å². The number of carbonyl (C=O) groups is 2. The Hall–Kier alpha value is -3.57. The zero-order valence-electron chi connectivity index (χ0n) is 18.5. The molecule has 0 N–H and O–H groups in total. The SMILES string of the molecule is CC.CC(c1nc2ccc(F)cc2c(Cl)c1-c1ccccc1)N1C(=O)c2ccccc2C1=O. The zero-order chi connectivity index (χ0) is 23.7. The maximum absolute atomic E-state index is 13.9. The van der Waals surface area contributed by atoms with Crippen LogP contribution in [-0.2, 0) is 0 Å². The summed E-state index contributed by atoms with van der Waals surface area (Å²) in [5.74, 6) is -1.16. The monoisotopic (exact) mass is 460 g/mol. The lowest BCUT2D eigenvalue weighted by Gasteiger charge is -2.25. The van der Waals surface area contributed by atoms with Gasteiger partial charge in [-0.05, 0) is 42.8 Å². The molecule has 4 aromatic rings. The molecule has 5 rings (SSSR count). The third kappa shape index (κ3) is 3.79. The summed E-state index contributed by atoms with van der Waals surface area (Å²) in [4.78, 5) is 32.1. The van der Waals surface area contributed by atoms with Crippen molar-refractivity contribution in [1.82, 2.24) is 9.88 Å². The van der Waals surface area contributed by atoms with Gasteiger partial charge in [0.05, 0.1) is 33.4 Å². The Balaban J connectivity index is 0.00000126. The second-order valence-electron chi connectivity index (χ2n) is 7.42. The van der Waals surface area contributed by atoms with Gasteiger partial charge in [0.25, 0.3) is 11.8 Å². The predicted molar refractivity (Wildman–Crippen MR) is 129 cm³/mol. The van der Waals surface area contributed by atoms with E-state index in [0.717, 1.165) is 5.56 Å². The maximum Gasteiger partial charge on any atom is 0.262 e. The number of fused-ring (bicyclic) bond motifs is 2. The van der Waals surface area contributed by atoms with Gasteiger partial charge >= 0.3 is 0 Å². The summed E-state index contributed by atoms with van der Waals surface area (Å²) in [6.07, 6.45) is 0. The highest BCUT2D eigenvalue weighted by Gasteiger charge is 2.40. The lowest BCUT2D eigenvalue weighted by Crippen LogP contribution is -2.33. The number of hydrogen-bond acceptors (Lipinski definition) is 3. The molecule has 1 unspecified atom stereocenters. The van der Waals surface area contributed by atoms with E-state index in [-0.39, 0.29) is 11.8 Å². The fourth-order valence-corrected chi connectivity index (χ4v) is 4.44. The van der Waals surface area contributed by atoms with Gasteiger partial charge in [-0.1, -0.05) is 67.9 Å². The normalized spacial score (nSPS) is 13.5. The fraction of sp³-hybridized carbons (Fsp3) is 0.148. The number of benzene rings is 3. The number of pyridine rings is 1. The third-order valence-electron chi connectivity index (χ3n) is 5.58. The molecular formula is C27H22ClFN2O2. The summed E-state index contributed by atoms with van der Waals surface area (Å²) in [5, 5.41) is 0.799. The second kappa shape index (κ2) is 9.12. The van der Waals surface area contributed by atoms with Gasteiger partial charge < -0.3 is 0 Å². The van der Waals surface area contributed by atoms with E-state index in [4.69, 9.17) is 16.6 Å². The molecule has 1 aliphatic rings. The Bertz CT molecular complexity index is 1340. The minimum Gasteiger partial charge on any atom is -0.269 e. The molecule has 3 aromatic carbocycles. The highest BCUT2D eigenvalue weighted by atomic mass is 35.5. The van der Waals surface area contributed by atoms with Crippen molar-refractivity contribution in [3.05, 3.63) is 100 Å². The lowest BCUT2D eigenvalue weighted by atomic mass is 9.97. The first-order valence-corrected chi connectivity index (χ1v) is 11.2. The summed E-state index contributed by atoms with van der Waals surface area (Å²) in [6.45, 7) is 5.75. The Labute approximate surface area is 196 Å². The summed E-state index contributed by atoms with van der Waals surface area (Å²) >= 11 is 6.77. The molecule has 1 aliphatic heterocycles. The molecule has 0 fully saturated rings. The van der Waals surface area contributed by atoms with Gasteiger partial charge in [-0.25, -0.2) is 9.37 Å². The molecule has 33 heavy (non-hydrogen) atoms. The van der Waals surface area contributed by atoms with Crippen molar-refractivity contribution in [2.24, 2.45) is 0 Å². The van der Waals surface area contributed by atoms with Gasteiger partial charge in [-0.2, -0.15) is 0 Å². The topological polar surface area (TPSA) is 50.3 Å². The maximum atomic E-state index is 13.9. The number of hydrogen-bond donors (Lipinski definition) is 0. The first kappa shape index (κ1) is 22.6. The van der Waals surface area contributed by atoms with E-state index in [1.54, 1.807) is 37.3 Å². The Morgan fingerprint density at radius 2 is 1.45 bits per heavy atom. The van der Waals surface area contributed by atoms with Crippen LogP contribution in [0.5, 0.6) is 0 Å². The Morgan fingerprint density at radius 3 is 2.06 bits per heavy atom. The molecular weight excluding hydrogens is 439 g/mol. The van der Waals surface area contributed by atoms with Crippen molar-refractivity contribution in [3.63, 3.8) is 0 Å². The number of imide groups is 1. The molecule has 0 radical (unpaired) electrons. The van der Waals surface area contributed by atoms with Crippen LogP contribution in [0.3, 0.4) is 0 Å². The standard InChI is InChI=1S/C25H16ClFN2O2.C2H6/c1-14(29-24(30)17-9-5-6-10-18(17)25(29)31)23-21(15-7-3-2-4-8-15)22(26)19-13-16(27)11-12-20(19)28-23;1-2/h2-14H,1H3;1-2H3. The largest absolute Gasteiger partial charge is 0.269 e. The number of rotatable bonds is 3. The van der Waals surface area contributed by atoms with Gasteiger partial charge in [-0.3, -0.25) is 14.5 Å². The first-order chi connectivity index (χ1) is 16.0. The molecule has 1 atom stereocenters. The number of aromatic nitrogens is 1. The summed E-state index contributed by atoms with van der Waals surface area (Å²) in [5.41, 5.74) is 3.05. The zero-order valence-corrected chi connectivity index (χ0v) is 19.2. The van der Waals surface area contributed by atoms with E-state index in [2.05, 4.69) is 0 Å². The minimum absolute atomic E-state index is 0.328. The van der Waals surface area contributed by atoms with E-state index >= 15 is 0 Å². The third-order valence-corrected chi connectivity index (χ3v) is 5.98. The average Bonchev–Trinajstić information content (AvgIpc) is 3.11. The van der Waals surface area contributed by atoms with Gasteiger partial charge in [-0.15, -0.1) is 0 Å². The summed E-state index contributed by atoms with van der Waals surface area (Å²) < 4.78 is 13.9. The Morgan fingerprint density at radius 1 is 0.879 bits per heavy atom. The van der Waals surface area contributed by atoms with Crippen LogP contribution in [0.25, 0.3) is 22.0 Å². The number of nitrogens with zero attached hydrogens (tertiary/aromatic N) is 2. The lowest BCUT2D eigenvalue weighted by molar-refractivity contribution is 0.0593. The predicted octanol–water partition coefficient (Wildman–Crippen LogP) is 7.08. The molecule has 0 saturated heterocycles. The molecule has 0 bridgehead atoms. The van der Waals surface area contributed by atoms with E-state index < -0.39 is 11.9 Å². The number of amides is 2. The van der Waals surface area contributed by atoms with Gasteiger partial charge in [0.2, 0.25) is 0 Å². The quantitative estimate of drug-likeness (QED) is 0.307. The van der Waals surface area contributed by atoms with Crippen molar-refractivity contribution in [2.75, 3.05) is 0 Å². The van der Waals surface area contributed by atoms with Gasteiger partial charge in [0.15, 0.2) is 0 Å². The van der Waals surface area contributed by atoms with E-state index in [9.17, 15) is 14.0 Å². The summed E-state index contributed by atoms with van der Waals surface area (Å²) in [7, 11) is 0. The first-order valence-electron chi connectivity index (χ1n) is 10.8. The van der Waals surface area contributed by atoms with E-state index in [1.807, 2.05) is 44.2 Å². The molecule has 0 aliphatic carbocycles. The van der Waals surface area contributed by atoms with Crippen LogP contribution in [-0.4, -0.2) is 21.7 Å². The molecule has 2 amide bonds. The molecule has 4 nitrogen and oxygen atoms in total. The van der Waals surface area contributed by atoms with Gasteiger partial charge in [0.1, 0.15) is 5.82 Å². The summed E-state index contributed by atoms with van der Waals surface area (Å²) in [6, 6.07) is 19.6. The molecule has 0 spiro atoms. The van der Waals surface area contributed by atoms with Crippen LogP contribution >= 0.6 is 11.6 Å². The average molecular weight is 461 g/mol. The van der Waals surface area contributed by atoms with Crippen molar-refractivity contribution in [2.45, 2.75) is 26.8 Å². The fourth-order valence-electron chi connectivity index (χ4n) is 4.08. The number of halogens is 2. The number of carbonyl (C=O) groups excluding carboxylic acids is 2. The Kier molecular flexibility index (Phi) is 6.25. The molecule has 1 aromatic heterocycles. The van der Waals surface area contributed by atoms with E-state index in [0.29, 0.717) is 38.3 Å². The molecule has 0 saturated carbocycles. The van der Waals surface area contributed by atoms with Crippen LogP contribution in [0.2, 0.25) is 5.02 Å². The molecule has 166 valence electrons. The van der Waals surface area contributed by atoms with Crippen molar-refractivity contribution in [3.8, 4) is 11.1 Å². The smallest absolute Gasteiger partial charge is 0.262 e. The van der Waals surface area contributed by atoms with E-state index in [1.165, 1.54) is 17.0 Å². The highest BCUT2D eigenvalue weighted by molar-refractivity contribution is 6.38. The van der Waals surface area contributed by atoms with Crippen LogP contribution < -0.4 is 0 Å². The van der Waals surface area contributed by atoms with Crippen LogP contribution in [0.15, 0.2) is 72.8 Å². The highest BCUT2D eigenvalue weighted by Crippen LogP contribution is 2.41. The van der Waals surface area contributed by atoms with Crippen LogP contribution in [0.4, 0.5) is 4.39 Å². The van der Waals surface area contributed by atoms with Gasteiger partial charge in [0, 0.05) is 10.9 Å².